The van der Waals surface area contributed by atoms with Gasteiger partial charge in [-0.2, -0.15) is 35.7 Å². The maximum atomic E-state index is 14.1. The van der Waals surface area contributed by atoms with Crippen LogP contribution in [0.1, 0.15) is 74.1 Å². The Morgan fingerprint density at radius 3 is 2.19 bits per heavy atom. The molecule has 18 heteroatoms. The number of nitrogens with zero attached hydrogens (tertiary/aromatic N) is 4. The number of amides is 1. The third-order valence-electron chi connectivity index (χ3n) is 8.51. The average Bonchev–Trinajstić information content (AvgIpc) is 3.80. The standard InChI is InChI=1S/C34H31Cl2F6N5O4S/c1-18-9-24(35)13-27(32(49)44-19(2)21-6-7-21)26(18)15-30(48)29-14-25(45-47(29)31-28(36)5-4-8-43-31)17-46(52(3,50)51)16-20-10-22(33(37,38)39)12-23(11-20)34(40,41)42/h4-5,8-14,19,21H,6-7,15-17H2,1-3H3,(H,44,49). The van der Waals surface area contributed by atoms with E-state index in [-0.39, 0.29) is 51.3 Å². The number of rotatable bonds is 12. The number of hydrogen-bond acceptors (Lipinski definition) is 6. The van der Waals surface area contributed by atoms with Crippen LogP contribution in [0.2, 0.25) is 10.0 Å². The maximum Gasteiger partial charge on any atom is 0.416 e. The van der Waals surface area contributed by atoms with E-state index in [1.54, 1.807) is 13.0 Å². The fraction of sp³-hybridized carbons (Fsp3) is 0.353. The first-order valence-electron chi connectivity index (χ1n) is 15.7. The Bertz CT molecular complexity index is 2100. The van der Waals surface area contributed by atoms with Crippen LogP contribution in [-0.2, 0) is 41.9 Å². The van der Waals surface area contributed by atoms with Crippen molar-refractivity contribution < 1.29 is 44.3 Å². The monoisotopic (exact) mass is 789 g/mol. The minimum atomic E-state index is -5.15. The molecule has 2 aromatic heterocycles. The molecule has 2 aromatic carbocycles. The average molecular weight is 791 g/mol. The molecular formula is C34H31Cl2F6N5O4S. The van der Waals surface area contributed by atoms with E-state index in [0.717, 1.165) is 23.8 Å². The summed E-state index contributed by atoms with van der Waals surface area (Å²) in [6, 6.07) is 7.93. The quantitative estimate of drug-likeness (QED) is 0.116. The Balaban J connectivity index is 1.53. The van der Waals surface area contributed by atoms with E-state index in [1.807, 2.05) is 6.92 Å². The molecule has 1 fully saturated rings. The van der Waals surface area contributed by atoms with Crippen LogP contribution in [-0.4, -0.2) is 51.5 Å². The lowest BCUT2D eigenvalue weighted by Gasteiger charge is -2.21. The molecule has 2 heterocycles. The van der Waals surface area contributed by atoms with Gasteiger partial charge < -0.3 is 5.32 Å². The summed E-state index contributed by atoms with van der Waals surface area (Å²) in [5, 5.41) is 7.63. The number of pyridine rings is 1. The molecule has 0 aliphatic heterocycles. The maximum absolute atomic E-state index is 14.1. The molecule has 1 aliphatic carbocycles. The van der Waals surface area contributed by atoms with Crippen LogP contribution in [0.3, 0.4) is 0 Å². The van der Waals surface area contributed by atoms with Crippen molar-refractivity contribution in [3.05, 3.63) is 110 Å². The van der Waals surface area contributed by atoms with E-state index >= 15 is 0 Å². The van der Waals surface area contributed by atoms with Gasteiger partial charge in [-0.3, -0.25) is 9.59 Å². The van der Waals surface area contributed by atoms with Gasteiger partial charge in [0, 0.05) is 35.8 Å². The lowest BCUT2D eigenvalue weighted by atomic mass is 9.95. The second-order valence-corrected chi connectivity index (χ2v) is 15.5. The number of Topliss-reactive ketones (excluding diaryl/α,β-unsaturated/α-hetero) is 1. The Morgan fingerprint density at radius 1 is 1.00 bits per heavy atom. The zero-order valence-electron chi connectivity index (χ0n) is 27.7. The van der Waals surface area contributed by atoms with Crippen LogP contribution in [0.15, 0.2) is 54.7 Å². The van der Waals surface area contributed by atoms with Gasteiger partial charge in [-0.25, -0.2) is 18.1 Å². The van der Waals surface area contributed by atoms with Crippen molar-refractivity contribution in [2.24, 2.45) is 5.92 Å². The molecule has 4 aromatic rings. The highest BCUT2D eigenvalue weighted by Gasteiger charge is 2.37. The highest BCUT2D eigenvalue weighted by atomic mass is 35.5. The molecule has 1 amide bonds. The predicted octanol–water partition coefficient (Wildman–Crippen LogP) is 7.84. The highest BCUT2D eigenvalue weighted by molar-refractivity contribution is 7.88. The van der Waals surface area contributed by atoms with E-state index < -0.39 is 63.8 Å². The first-order chi connectivity index (χ1) is 24.1. The lowest BCUT2D eigenvalue weighted by molar-refractivity contribution is -0.143. The van der Waals surface area contributed by atoms with Crippen molar-refractivity contribution in [2.45, 2.75) is 64.6 Å². The summed E-state index contributed by atoms with van der Waals surface area (Å²) in [5.41, 5.74) is -2.99. The van der Waals surface area contributed by atoms with Crippen molar-refractivity contribution in [3.8, 4) is 5.82 Å². The van der Waals surface area contributed by atoms with E-state index in [0.29, 0.717) is 33.5 Å². The van der Waals surface area contributed by atoms with Crippen LogP contribution in [0.25, 0.3) is 5.82 Å². The van der Waals surface area contributed by atoms with Crippen molar-refractivity contribution in [2.75, 3.05) is 6.26 Å². The van der Waals surface area contributed by atoms with Crippen molar-refractivity contribution in [3.63, 3.8) is 0 Å². The van der Waals surface area contributed by atoms with Gasteiger partial charge in [0.25, 0.3) is 5.91 Å². The van der Waals surface area contributed by atoms with Crippen LogP contribution < -0.4 is 5.32 Å². The van der Waals surface area contributed by atoms with Gasteiger partial charge in [0.15, 0.2) is 11.6 Å². The molecule has 1 unspecified atom stereocenters. The molecule has 1 saturated carbocycles. The Hall–Kier alpha value is -3.99. The van der Waals surface area contributed by atoms with Gasteiger partial charge in [-0.15, -0.1) is 0 Å². The van der Waals surface area contributed by atoms with Crippen molar-refractivity contribution >= 4 is 44.9 Å². The smallest absolute Gasteiger partial charge is 0.349 e. The molecule has 0 bridgehead atoms. The number of alkyl halides is 6. The summed E-state index contributed by atoms with van der Waals surface area (Å²) in [7, 11) is -4.30. The van der Waals surface area contributed by atoms with Gasteiger partial charge in [0.1, 0.15) is 5.69 Å². The number of nitrogens with one attached hydrogen (secondary N) is 1. The fourth-order valence-electron chi connectivity index (χ4n) is 5.65. The topological polar surface area (TPSA) is 114 Å². The van der Waals surface area contributed by atoms with Crippen molar-refractivity contribution in [1.29, 1.82) is 0 Å². The highest BCUT2D eigenvalue weighted by Crippen LogP contribution is 2.37. The number of carbonyl (C=O) groups is 2. The molecule has 0 spiro atoms. The molecule has 0 saturated heterocycles. The van der Waals surface area contributed by atoms with Crippen molar-refractivity contribution in [1.82, 2.24) is 24.4 Å². The predicted molar refractivity (Wildman–Crippen MR) is 181 cm³/mol. The normalized spacial score (nSPS) is 14.5. The number of hydrogen-bond donors (Lipinski definition) is 1. The molecule has 0 radical (unpaired) electrons. The van der Waals surface area contributed by atoms with Gasteiger partial charge in [0.2, 0.25) is 10.0 Å². The second kappa shape index (κ2) is 14.8. The minimum absolute atomic E-state index is 0.0265. The van der Waals surface area contributed by atoms with Crippen LogP contribution in [0.5, 0.6) is 0 Å². The zero-order chi connectivity index (χ0) is 38.3. The number of sulfonamides is 1. The van der Waals surface area contributed by atoms with Gasteiger partial charge in [0.05, 0.1) is 34.6 Å². The summed E-state index contributed by atoms with van der Waals surface area (Å²) in [5.74, 6) is -0.714. The summed E-state index contributed by atoms with van der Waals surface area (Å²) in [4.78, 5) is 31.6. The minimum Gasteiger partial charge on any atom is -0.349 e. The van der Waals surface area contributed by atoms with Crippen LogP contribution >= 0.6 is 23.2 Å². The molecular weight excluding hydrogens is 759 g/mol. The fourth-order valence-corrected chi connectivity index (χ4v) is 6.87. The summed E-state index contributed by atoms with van der Waals surface area (Å²) < 4.78 is 109. The molecule has 1 N–H and O–H groups in total. The number of aromatic nitrogens is 3. The number of benzene rings is 2. The van der Waals surface area contributed by atoms with Gasteiger partial charge in [-0.1, -0.05) is 23.2 Å². The SMILES string of the molecule is Cc1cc(Cl)cc(C(=O)NC(C)C2CC2)c1CC(=O)c1cc(CN(Cc2cc(C(F)(F)F)cc(C(F)(F)F)c2)S(C)(=O)=O)nn1-c1ncccc1Cl. The van der Waals surface area contributed by atoms with Crippen LogP contribution in [0, 0.1) is 12.8 Å². The molecule has 1 atom stereocenters. The molecule has 9 nitrogen and oxygen atoms in total. The van der Waals surface area contributed by atoms with E-state index in [2.05, 4.69) is 15.4 Å². The summed E-state index contributed by atoms with van der Waals surface area (Å²) in [6.45, 7) is 2.00. The molecule has 5 rings (SSSR count). The van der Waals surface area contributed by atoms with E-state index in [4.69, 9.17) is 23.2 Å². The molecule has 52 heavy (non-hydrogen) atoms. The Kier molecular flexibility index (Phi) is 11.2. The number of aryl methyl sites for hydroxylation is 1. The number of ketones is 1. The second-order valence-electron chi connectivity index (χ2n) is 12.6. The largest absolute Gasteiger partial charge is 0.416 e. The number of carbonyl (C=O) groups excluding carboxylic acids is 2. The Morgan fingerprint density at radius 2 is 1.63 bits per heavy atom. The first kappa shape index (κ1) is 39.2. The first-order valence-corrected chi connectivity index (χ1v) is 18.3. The third-order valence-corrected chi connectivity index (χ3v) is 10.2. The molecule has 1 aliphatic rings. The zero-order valence-corrected chi connectivity index (χ0v) is 30.1. The van der Waals surface area contributed by atoms with E-state index in [9.17, 15) is 44.3 Å². The Labute approximate surface area is 305 Å². The summed E-state index contributed by atoms with van der Waals surface area (Å²) >= 11 is 12.7. The molecule has 278 valence electrons. The van der Waals surface area contributed by atoms with Crippen LogP contribution in [0.4, 0.5) is 26.3 Å². The lowest BCUT2D eigenvalue weighted by Crippen LogP contribution is -2.35. The van der Waals surface area contributed by atoms with Gasteiger partial charge >= 0.3 is 12.4 Å². The third kappa shape index (κ3) is 9.32. The summed E-state index contributed by atoms with van der Waals surface area (Å²) in [6.07, 6.45) is -6.60. The van der Waals surface area contributed by atoms with Gasteiger partial charge in [-0.05, 0) is 97.8 Å². The van der Waals surface area contributed by atoms with E-state index in [1.165, 1.54) is 30.5 Å². The number of halogens is 8.